The summed E-state index contributed by atoms with van der Waals surface area (Å²) in [6.45, 7) is 1.60. The molecule has 0 radical (unpaired) electrons. The molecule has 1 spiro atoms. The molecule has 2 aromatic rings. The Labute approximate surface area is 136 Å². The molecule has 0 aromatic heterocycles. The molecule has 0 N–H and O–H groups in total. The number of ether oxygens (including phenoxy) is 1. The Bertz CT molecular complexity index is 749. The van der Waals surface area contributed by atoms with Gasteiger partial charge in [0.05, 0.1) is 13.5 Å². The summed E-state index contributed by atoms with van der Waals surface area (Å²) < 4.78 is 5.25. The Balaban J connectivity index is 1.54. The fourth-order valence-corrected chi connectivity index (χ4v) is 3.71. The number of hydrogen-bond acceptors (Lipinski definition) is 2. The van der Waals surface area contributed by atoms with Gasteiger partial charge in [-0.2, -0.15) is 0 Å². The number of methoxy groups -OCH3 is 1. The lowest BCUT2D eigenvalue weighted by Crippen LogP contribution is -2.42. The van der Waals surface area contributed by atoms with Crippen molar-refractivity contribution >= 4 is 5.91 Å². The molecule has 0 bridgehead atoms. The summed E-state index contributed by atoms with van der Waals surface area (Å²) >= 11 is 0. The maximum atomic E-state index is 12.8. The maximum absolute atomic E-state index is 12.8. The minimum atomic E-state index is 0.207. The highest BCUT2D eigenvalue weighted by molar-refractivity contribution is 5.79. The summed E-state index contributed by atoms with van der Waals surface area (Å²) in [4.78, 5) is 14.8. The Morgan fingerprint density at radius 3 is 2.78 bits per heavy atom. The molecule has 0 atom stereocenters. The first-order valence-electron chi connectivity index (χ1n) is 8.19. The number of hydrogen-bond donors (Lipinski definition) is 0. The first-order chi connectivity index (χ1) is 11.2. The molecule has 1 aliphatic heterocycles. The molecule has 1 heterocycles. The summed E-state index contributed by atoms with van der Waals surface area (Å²) in [6.07, 6.45) is 2.84. The molecule has 2 aliphatic rings. The molecule has 2 aromatic carbocycles. The van der Waals surface area contributed by atoms with Crippen molar-refractivity contribution in [3.63, 3.8) is 0 Å². The van der Waals surface area contributed by atoms with Crippen LogP contribution >= 0.6 is 0 Å². The first kappa shape index (κ1) is 14.3. The van der Waals surface area contributed by atoms with E-state index in [4.69, 9.17) is 4.74 Å². The van der Waals surface area contributed by atoms with Crippen molar-refractivity contribution < 1.29 is 9.53 Å². The third-order valence-corrected chi connectivity index (χ3v) is 5.14. The van der Waals surface area contributed by atoms with E-state index in [0.29, 0.717) is 6.42 Å². The summed E-state index contributed by atoms with van der Waals surface area (Å²) in [7, 11) is 1.65. The number of benzene rings is 2. The standard InChI is InChI=1S/C20H21NO2/c1-23-17-7-4-5-15(11-17)12-19(22)21-13-16-6-2-3-8-18(16)20(14-21)9-10-20/h2-8,11H,9-10,12-14H2,1H3. The van der Waals surface area contributed by atoms with Gasteiger partial charge in [0, 0.05) is 18.5 Å². The fraction of sp³-hybridized carbons (Fsp3) is 0.350. The molecule has 0 saturated heterocycles. The molecule has 1 amide bonds. The van der Waals surface area contributed by atoms with Crippen molar-refractivity contribution in [1.82, 2.24) is 4.90 Å². The van der Waals surface area contributed by atoms with Crippen LogP contribution in [0.15, 0.2) is 48.5 Å². The highest BCUT2D eigenvalue weighted by atomic mass is 16.5. The van der Waals surface area contributed by atoms with E-state index in [0.717, 1.165) is 24.4 Å². The number of fused-ring (bicyclic) bond motifs is 2. The summed E-state index contributed by atoms with van der Waals surface area (Å²) in [6, 6.07) is 16.4. The van der Waals surface area contributed by atoms with E-state index in [1.54, 1.807) is 7.11 Å². The molecular formula is C20H21NO2. The van der Waals surface area contributed by atoms with E-state index in [1.807, 2.05) is 29.2 Å². The molecule has 1 aliphatic carbocycles. The highest BCUT2D eigenvalue weighted by Gasteiger charge is 2.49. The SMILES string of the molecule is COc1cccc(CC(=O)N2Cc3ccccc3C3(CC3)C2)c1. The van der Waals surface area contributed by atoms with Crippen LogP contribution in [0.2, 0.25) is 0 Å². The van der Waals surface area contributed by atoms with E-state index in [1.165, 1.54) is 24.0 Å². The minimum absolute atomic E-state index is 0.207. The van der Waals surface area contributed by atoms with Crippen LogP contribution in [-0.2, 0) is 23.2 Å². The normalized spacial score (nSPS) is 17.7. The van der Waals surface area contributed by atoms with E-state index in [-0.39, 0.29) is 11.3 Å². The molecule has 23 heavy (non-hydrogen) atoms. The van der Waals surface area contributed by atoms with E-state index >= 15 is 0 Å². The van der Waals surface area contributed by atoms with Gasteiger partial charge in [-0.05, 0) is 41.7 Å². The Morgan fingerprint density at radius 1 is 1.17 bits per heavy atom. The lowest BCUT2D eigenvalue weighted by atomic mass is 9.87. The van der Waals surface area contributed by atoms with Crippen molar-refractivity contribution in [1.29, 1.82) is 0 Å². The van der Waals surface area contributed by atoms with Gasteiger partial charge in [-0.1, -0.05) is 36.4 Å². The number of amides is 1. The van der Waals surface area contributed by atoms with Crippen LogP contribution in [-0.4, -0.2) is 24.5 Å². The summed E-state index contributed by atoms with van der Waals surface area (Å²) in [5.74, 6) is 1.01. The van der Waals surface area contributed by atoms with Gasteiger partial charge in [0.15, 0.2) is 0 Å². The second kappa shape index (κ2) is 5.41. The second-order valence-electron chi connectivity index (χ2n) is 6.72. The average Bonchev–Trinajstić information content (AvgIpc) is 3.35. The van der Waals surface area contributed by atoms with E-state index in [2.05, 4.69) is 24.3 Å². The molecule has 3 nitrogen and oxygen atoms in total. The first-order valence-corrected chi connectivity index (χ1v) is 8.19. The van der Waals surface area contributed by atoms with Crippen molar-refractivity contribution in [2.75, 3.05) is 13.7 Å². The van der Waals surface area contributed by atoms with Gasteiger partial charge in [-0.3, -0.25) is 4.79 Å². The monoisotopic (exact) mass is 307 g/mol. The van der Waals surface area contributed by atoms with Crippen molar-refractivity contribution in [2.45, 2.75) is 31.2 Å². The van der Waals surface area contributed by atoms with Gasteiger partial charge in [-0.15, -0.1) is 0 Å². The van der Waals surface area contributed by atoms with Gasteiger partial charge in [0.1, 0.15) is 5.75 Å². The van der Waals surface area contributed by atoms with Crippen LogP contribution in [0.4, 0.5) is 0 Å². The van der Waals surface area contributed by atoms with Crippen LogP contribution in [0.5, 0.6) is 5.75 Å². The molecular weight excluding hydrogens is 286 g/mol. The Hall–Kier alpha value is -2.29. The Morgan fingerprint density at radius 2 is 2.00 bits per heavy atom. The van der Waals surface area contributed by atoms with Crippen molar-refractivity contribution in [3.8, 4) is 5.75 Å². The second-order valence-corrected chi connectivity index (χ2v) is 6.72. The maximum Gasteiger partial charge on any atom is 0.227 e. The van der Waals surface area contributed by atoms with Gasteiger partial charge < -0.3 is 9.64 Å². The average molecular weight is 307 g/mol. The topological polar surface area (TPSA) is 29.5 Å². The number of carbonyl (C=O) groups is 1. The smallest absolute Gasteiger partial charge is 0.227 e. The van der Waals surface area contributed by atoms with Gasteiger partial charge in [-0.25, -0.2) is 0 Å². The van der Waals surface area contributed by atoms with E-state index < -0.39 is 0 Å². The van der Waals surface area contributed by atoms with Crippen LogP contribution < -0.4 is 4.74 Å². The number of rotatable bonds is 3. The molecule has 1 saturated carbocycles. The largest absolute Gasteiger partial charge is 0.497 e. The van der Waals surface area contributed by atoms with Crippen LogP contribution in [0, 0.1) is 0 Å². The summed E-state index contributed by atoms with van der Waals surface area (Å²) in [5.41, 5.74) is 4.03. The van der Waals surface area contributed by atoms with Crippen molar-refractivity contribution in [3.05, 3.63) is 65.2 Å². The zero-order chi connectivity index (χ0) is 15.9. The zero-order valence-corrected chi connectivity index (χ0v) is 13.4. The number of nitrogens with zero attached hydrogens (tertiary/aromatic N) is 1. The van der Waals surface area contributed by atoms with Crippen LogP contribution in [0.3, 0.4) is 0 Å². The third kappa shape index (κ3) is 2.61. The van der Waals surface area contributed by atoms with E-state index in [9.17, 15) is 4.79 Å². The Kier molecular flexibility index (Phi) is 3.37. The molecule has 4 rings (SSSR count). The molecule has 0 unspecified atom stereocenters. The van der Waals surface area contributed by atoms with Crippen molar-refractivity contribution in [2.24, 2.45) is 0 Å². The fourth-order valence-electron chi connectivity index (χ4n) is 3.71. The third-order valence-electron chi connectivity index (χ3n) is 5.14. The molecule has 3 heteroatoms. The quantitative estimate of drug-likeness (QED) is 0.870. The molecule has 1 fully saturated rings. The predicted octanol–water partition coefficient (Wildman–Crippen LogP) is 3.31. The van der Waals surface area contributed by atoms with Gasteiger partial charge in [0.2, 0.25) is 5.91 Å². The lowest BCUT2D eigenvalue weighted by Gasteiger charge is -2.35. The van der Waals surface area contributed by atoms with Crippen LogP contribution in [0.1, 0.15) is 29.5 Å². The lowest BCUT2D eigenvalue weighted by molar-refractivity contribution is -0.132. The van der Waals surface area contributed by atoms with Gasteiger partial charge in [0.25, 0.3) is 0 Å². The zero-order valence-electron chi connectivity index (χ0n) is 13.4. The predicted molar refractivity (Wildman–Crippen MR) is 89.5 cm³/mol. The summed E-state index contributed by atoms with van der Waals surface area (Å²) in [5, 5.41) is 0. The minimum Gasteiger partial charge on any atom is -0.497 e. The highest BCUT2D eigenvalue weighted by Crippen LogP contribution is 2.52. The molecule has 118 valence electrons. The van der Waals surface area contributed by atoms with Crippen LogP contribution in [0.25, 0.3) is 0 Å². The number of carbonyl (C=O) groups excluding carboxylic acids is 1. The van der Waals surface area contributed by atoms with Gasteiger partial charge >= 0.3 is 0 Å².